The predicted molar refractivity (Wildman–Crippen MR) is 114 cm³/mol. The molecule has 0 aliphatic heterocycles. The second-order valence-electron chi connectivity index (χ2n) is 6.56. The smallest absolute Gasteiger partial charge is 0.233 e. The fourth-order valence-electron chi connectivity index (χ4n) is 2.64. The first-order valence-corrected chi connectivity index (χ1v) is 10.7. The van der Waals surface area contributed by atoms with Gasteiger partial charge in [-0.1, -0.05) is 30.3 Å². The van der Waals surface area contributed by atoms with Crippen molar-refractivity contribution in [1.29, 1.82) is 0 Å². The van der Waals surface area contributed by atoms with E-state index < -0.39 is 10.0 Å². The third-order valence-electron chi connectivity index (χ3n) is 4.49. The number of rotatable bonds is 8. The van der Waals surface area contributed by atoms with Gasteiger partial charge in [0.2, 0.25) is 10.0 Å². The number of benzene rings is 1. The van der Waals surface area contributed by atoms with Crippen LogP contribution in [0.25, 0.3) is 11.9 Å². The Morgan fingerprint density at radius 1 is 1.00 bits per heavy atom. The molecule has 3 aromatic rings. The Balaban J connectivity index is 1.50. The number of nitrogens with zero attached hydrogens (tertiary/aromatic N) is 4. The van der Waals surface area contributed by atoms with Gasteiger partial charge in [0.15, 0.2) is 5.82 Å². The van der Waals surface area contributed by atoms with Gasteiger partial charge in [0, 0.05) is 24.2 Å². The zero-order valence-corrected chi connectivity index (χ0v) is 17.4. The molecule has 0 aliphatic rings. The van der Waals surface area contributed by atoms with Crippen molar-refractivity contribution in [3.63, 3.8) is 0 Å². The molecule has 0 saturated carbocycles. The highest BCUT2D eigenvalue weighted by atomic mass is 32.2. The van der Waals surface area contributed by atoms with E-state index in [9.17, 15) is 8.42 Å². The molecule has 0 atom stereocenters. The Morgan fingerprint density at radius 2 is 1.76 bits per heavy atom. The molecule has 0 fully saturated rings. The number of anilines is 1. The lowest BCUT2D eigenvalue weighted by atomic mass is 10.2. The van der Waals surface area contributed by atoms with Crippen molar-refractivity contribution in [2.45, 2.75) is 20.8 Å². The summed E-state index contributed by atoms with van der Waals surface area (Å²) in [6.45, 7) is 6.57. The molecule has 2 aromatic heterocycles. The van der Waals surface area contributed by atoms with Crippen LogP contribution in [0.3, 0.4) is 0 Å². The summed E-state index contributed by atoms with van der Waals surface area (Å²) in [5.74, 6) is 1.20. The minimum Gasteiger partial charge on any atom is -0.367 e. The molecule has 9 heteroatoms. The Labute approximate surface area is 170 Å². The molecule has 29 heavy (non-hydrogen) atoms. The van der Waals surface area contributed by atoms with Crippen molar-refractivity contribution < 1.29 is 8.42 Å². The van der Waals surface area contributed by atoms with Crippen LogP contribution >= 0.6 is 0 Å². The molecular formula is C20H24N6O2S. The minimum atomic E-state index is -3.50. The summed E-state index contributed by atoms with van der Waals surface area (Å²) < 4.78 is 28.3. The zero-order valence-electron chi connectivity index (χ0n) is 16.6. The monoisotopic (exact) mass is 412 g/mol. The summed E-state index contributed by atoms with van der Waals surface area (Å²) in [5, 5.41) is 17.0. The van der Waals surface area contributed by atoms with Crippen LogP contribution in [0.1, 0.15) is 22.5 Å². The van der Waals surface area contributed by atoms with Gasteiger partial charge in [-0.25, -0.2) is 17.8 Å². The summed E-state index contributed by atoms with van der Waals surface area (Å²) in [6.07, 6.45) is 1.56. The molecule has 1 aromatic carbocycles. The molecule has 0 amide bonds. The van der Waals surface area contributed by atoms with Gasteiger partial charge < -0.3 is 5.32 Å². The van der Waals surface area contributed by atoms with Gasteiger partial charge in [-0.2, -0.15) is 5.10 Å². The SMILES string of the molecule is Cc1nn(-c2ccc(NCCNS(=O)(=O)/C=C/c3ccccc3)nn2)c(C)c1C. The van der Waals surface area contributed by atoms with E-state index in [0.29, 0.717) is 18.2 Å². The first-order valence-electron chi connectivity index (χ1n) is 9.19. The minimum absolute atomic E-state index is 0.224. The number of hydrogen-bond donors (Lipinski definition) is 2. The molecule has 0 aliphatic carbocycles. The average molecular weight is 413 g/mol. The summed E-state index contributed by atoms with van der Waals surface area (Å²) in [7, 11) is -3.50. The lowest BCUT2D eigenvalue weighted by Crippen LogP contribution is -2.27. The summed E-state index contributed by atoms with van der Waals surface area (Å²) in [5.41, 5.74) is 3.93. The Morgan fingerprint density at radius 3 is 2.38 bits per heavy atom. The molecule has 3 rings (SSSR count). The van der Waals surface area contributed by atoms with Crippen molar-refractivity contribution in [2.75, 3.05) is 18.4 Å². The van der Waals surface area contributed by atoms with E-state index >= 15 is 0 Å². The molecule has 8 nitrogen and oxygen atoms in total. The quantitative estimate of drug-likeness (QED) is 0.552. The van der Waals surface area contributed by atoms with Gasteiger partial charge in [0.05, 0.1) is 5.69 Å². The van der Waals surface area contributed by atoms with Crippen LogP contribution in [0.2, 0.25) is 0 Å². The van der Waals surface area contributed by atoms with Gasteiger partial charge >= 0.3 is 0 Å². The molecule has 2 N–H and O–H groups in total. The average Bonchev–Trinajstić information content (AvgIpc) is 2.98. The van der Waals surface area contributed by atoms with Crippen LogP contribution in [-0.4, -0.2) is 41.5 Å². The third kappa shape index (κ3) is 5.49. The van der Waals surface area contributed by atoms with E-state index in [1.165, 1.54) is 0 Å². The summed E-state index contributed by atoms with van der Waals surface area (Å²) in [6, 6.07) is 12.9. The number of hydrogen-bond acceptors (Lipinski definition) is 6. The lowest BCUT2D eigenvalue weighted by Gasteiger charge is -2.07. The summed E-state index contributed by atoms with van der Waals surface area (Å²) >= 11 is 0. The van der Waals surface area contributed by atoms with E-state index in [4.69, 9.17) is 0 Å². The molecule has 0 unspecified atom stereocenters. The van der Waals surface area contributed by atoms with E-state index in [1.54, 1.807) is 16.8 Å². The Kier molecular flexibility index (Phi) is 6.40. The van der Waals surface area contributed by atoms with Gasteiger partial charge in [-0.15, -0.1) is 10.2 Å². The van der Waals surface area contributed by atoms with E-state index in [1.807, 2.05) is 57.2 Å². The Hall–Kier alpha value is -3.04. The van der Waals surface area contributed by atoms with Crippen LogP contribution in [0, 0.1) is 20.8 Å². The van der Waals surface area contributed by atoms with Crippen LogP contribution < -0.4 is 10.0 Å². The molecule has 0 bridgehead atoms. The molecule has 0 spiro atoms. The molecule has 2 heterocycles. The van der Waals surface area contributed by atoms with E-state index in [2.05, 4.69) is 25.3 Å². The highest BCUT2D eigenvalue weighted by Crippen LogP contribution is 2.15. The number of sulfonamides is 1. The maximum Gasteiger partial charge on any atom is 0.233 e. The second-order valence-corrected chi connectivity index (χ2v) is 8.21. The fourth-order valence-corrected chi connectivity index (χ4v) is 3.46. The van der Waals surface area contributed by atoms with Crippen molar-refractivity contribution in [2.24, 2.45) is 0 Å². The van der Waals surface area contributed by atoms with Gasteiger partial charge in [0.25, 0.3) is 0 Å². The number of aromatic nitrogens is 4. The van der Waals surface area contributed by atoms with Crippen LogP contribution in [0.5, 0.6) is 0 Å². The van der Waals surface area contributed by atoms with Gasteiger partial charge in [0.1, 0.15) is 5.82 Å². The number of nitrogens with one attached hydrogen (secondary N) is 2. The van der Waals surface area contributed by atoms with Crippen molar-refractivity contribution in [3.8, 4) is 5.82 Å². The topological polar surface area (TPSA) is 102 Å². The number of aryl methyl sites for hydroxylation is 1. The van der Waals surface area contributed by atoms with E-state index in [-0.39, 0.29) is 6.54 Å². The second kappa shape index (κ2) is 8.97. The highest BCUT2D eigenvalue weighted by molar-refractivity contribution is 7.92. The Bertz CT molecular complexity index is 1090. The van der Waals surface area contributed by atoms with Crippen molar-refractivity contribution in [1.82, 2.24) is 24.7 Å². The first-order chi connectivity index (χ1) is 13.9. The van der Waals surface area contributed by atoms with Crippen LogP contribution in [0.15, 0.2) is 47.9 Å². The van der Waals surface area contributed by atoms with Crippen molar-refractivity contribution >= 4 is 21.9 Å². The molecule has 0 saturated heterocycles. The van der Waals surface area contributed by atoms with Gasteiger partial charge in [-0.05, 0) is 50.1 Å². The maximum atomic E-state index is 12.0. The normalized spacial score (nSPS) is 11.8. The molecular weight excluding hydrogens is 388 g/mol. The van der Waals surface area contributed by atoms with Crippen LogP contribution in [-0.2, 0) is 10.0 Å². The lowest BCUT2D eigenvalue weighted by molar-refractivity contribution is 0.592. The van der Waals surface area contributed by atoms with Gasteiger partial charge in [-0.3, -0.25) is 0 Å². The fraction of sp³-hybridized carbons (Fsp3) is 0.250. The molecule has 0 radical (unpaired) electrons. The summed E-state index contributed by atoms with van der Waals surface area (Å²) in [4.78, 5) is 0. The van der Waals surface area contributed by atoms with E-state index in [0.717, 1.165) is 27.9 Å². The highest BCUT2D eigenvalue weighted by Gasteiger charge is 2.10. The van der Waals surface area contributed by atoms with Crippen molar-refractivity contribution in [3.05, 3.63) is 70.4 Å². The third-order valence-corrected chi connectivity index (χ3v) is 5.60. The maximum absolute atomic E-state index is 12.0. The largest absolute Gasteiger partial charge is 0.367 e. The molecule has 152 valence electrons. The van der Waals surface area contributed by atoms with Crippen LogP contribution in [0.4, 0.5) is 5.82 Å². The first kappa shape index (κ1) is 20.7. The zero-order chi connectivity index (χ0) is 20.9. The standard InChI is InChI=1S/C20H24N6O2S/c1-15-16(2)25-26(17(15)3)20-10-9-19(23-24-20)21-12-13-22-29(27,28)14-11-18-7-5-4-6-8-18/h4-11,14,22H,12-13H2,1-3H3,(H,21,23)/b14-11+. The predicted octanol–water partition coefficient (Wildman–Crippen LogP) is 2.59.